The van der Waals surface area contributed by atoms with E-state index in [1.807, 2.05) is 30.3 Å². The van der Waals surface area contributed by atoms with Crippen molar-refractivity contribution in [2.75, 3.05) is 46.4 Å². The molecule has 1 amide bonds. The highest BCUT2D eigenvalue weighted by molar-refractivity contribution is 5.94. The van der Waals surface area contributed by atoms with E-state index >= 15 is 0 Å². The molecule has 1 heterocycles. The number of aliphatic hydroxyl groups excluding tert-OH is 1. The van der Waals surface area contributed by atoms with Crippen LogP contribution in [0.3, 0.4) is 0 Å². The molecule has 1 fully saturated rings. The van der Waals surface area contributed by atoms with Crippen LogP contribution in [0.5, 0.6) is 5.75 Å². The Hall–Kier alpha value is -2.24. The number of hydrogen-bond acceptors (Lipinski definition) is 5. The third kappa shape index (κ3) is 6.38. The fraction of sp³-hybridized carbons (Fsp3) is 0.381. The summed E-state index contributed by atoms with van der Waals surface area (Å²) in [5.74, 6) is 0.604. The van der Waals surface area contributed by atoms with Gasteiger partial charge in [-0.2, -0.15) is 0 Å². The molecular weight excluding hydrogens is 501 g/mol. The molecule has 3 rings (SSSR count). The van der Waals surface area contributed by atoms with E-state index in [1.54, 1.807) is 4.90 Å². The first kappa shape index (κ1) is 24.0. The molecule has 1 aliphatic rings. The van der Waals surface area contributed by atoms with Crippen molar-refractivity contribution in [1.29, 1.82) is 0 Å². The minimum atomic E-state index is -0.600. The van der Waals surface area contributed by atoms with Gasteiger partial charge in [0.15, 0.2) is 0 Å². The molecule has 0 aliphatic carbocycles. The monoisotopic (exact) mass is 527 g/mol. The number of quaternary nitrogens is 1. The summed E-state index contributed by atoms with van der Waals surface area (Å²) in [4.78, 5) is 24.7. The zero-order valence-corrected chi connectivity index (χ0v) is 19.0. The summed E-state index contributed by atoms with van der Waals surface area (Å²) in [6.45, 7) is 3.36. The predicted molar refractivity (Wildman–Crippen MR) is 108 cm³/mol. The van der Waals surface area contributed by atoms with Crippen LogP contribution in [0, 0.1) is 10.1 Å². The van der Waals surface area contributed by atoms with Crippen molar-refractivity contribution in [3.05, 3.63) is 70.3 Å². The van der Waals surface area contributed by atoms with Crippen LogP contribution in [0.25, 0.3) is 0 Å². The second-order valence-electron chi connectivity index (χ2n) is 7.62. The van der Waals surface area contributed by atoms with Gasteiger partial charge < -0.3 is 43.2 Å². The summed E-state index contributed by atoms with van der Waals surface area (Å²) in [5, 5.41) is 21.1. The number of carbonyl (C=O) groups is 1. The van der Waals surface area contributed by atoms with Gasteiger partial charge in [-0.05, 0) is 24.3 Å². The summed E-state index contributed by atoms with van der Waals surface area (Å²) < 4.78 is 6.28. The number of halogens is 1. The van der Waals surface area contributed by atoms with Crippen molar-refractivity contribution in [2.24, 2.45) is 0 Å². The summed E-state index contributed by atoms with van der Waals surface area (Å²) in [5.41, 5.74) is 0.416. The third-order valence-corrected chi connectivity index (χ3v) is 5.27. The smallest absolute Gasteiger partial charge is 0.269 e. The minimum Gasteiger partial charge on any atom is -1.00 e. The number of nitro benzene ring substituents is 1. The average Bonchev–Trinajstić information content (AvgIpc) is 2.73. The van der Waals surface area contributed by atoms with Gasteiger partial charge in [0.05, 0.1) is 38.2 Å². The molecular formula is C21H26IN3O5. The maximum Gasteiger partial charge on any atom is 0.269 e. The molecule has 1 aliphatic heterocycles. The number of amides is 1. The summed E-state index contributed by atoms with van der Waals surface area (Å²) in [6, 6.07) is 15.1. The molecule has 0 spiro atoms. The number of non-ortho nitro benzene ring substituents is 1. The van der Waals surface area contributed by atoms with Gasteiger partial charge in [-0.25, -0.2) is 0 Å². The number of benzene rings is 2. The molecule has 1 atom stereocenters. The maximum atomic E-state index is 12.7. The first-order valence-corrected chi connectivity index (χ1v) is 9.59. The van der Waals surface area contributed by atoms with E-state index in [9.17, 15) is 20.0 Å². The fourth-order valence-corrected chi connectivity index (χ4v) is 3.51. The van der Waals surface area contributed by atoms with Gasteiger partial charge in [-0.15, -0.1) is 0 Å². The lowest BCUT2D eigenvalue weighted by molar-refractivity contribution is -0.916. The van der Waals surface area contributed by atoms with Gasteiger partial charge in [-0.1, -0.05) is 18.2 Å². The number of para-hydroxylation sites is 1. The van der Waals surface area contributed by atoms with E-state index < -0.39 is 11.0 Å². The van der Waals surface area contributed by atoms with Gasteiger partial charge in [0.2, 0.25) is 0 Å². The largest absolute Gasteiger partial charge is 1.00 e. The number of aliphatic hydroxyl groups is 1. The quantitative estimate of drug-likeness (QED) is 0.215. The zero-order chi connectivity index (χ0) is 20.9. The summed E-state index contributed by atoms with van der Waals surface area (Å²) >= 11 is 0. The van der Waals surface area contributed by atoms with Crippen molar-refractivity contribution < 1.29 is 48.0 Å². The molecule has 30 heavy (non-hydrogen) atoms. The normalized spacial score (nSPS) is 16.3. The van der Waals surface area contributed by atoms with E-state index in [2.05, 4.69) is 7.05 Å². The molecule has 9 heteroatoms. The number of ether oxygens (including phenoxy) is 1. The van der Waals surface area contributed by atoms with Crippen LogP contribution in [0.4, 0.5) is 5.69 Å². The Morgan fingerprint density at radius 3 is 2.33 bits per heavy atom. The van der Waals surface area contributed by atoms with E-state index in [4.69, 9.17) is 4.74 Å². The minimum absolute atomic E-state index is 0. The third-order valence-electron chi connectivity index (χ3n) is 5.27. The number of hydrogen-bond donors (Lipinski definition) is 1. The molecule has 1 saturated heterocycles. The highest BCUT2D eigenvalue weighted by Gasteiger charge is 2.33. The molecule has 0 bridgehead atoms. The Balaban J connectivity index is 0.00000320. The van der Waals surface area contributed by atoms with Crippen LogP contribution in [0.1, 0.15) is 10.4 Å². The lowest BCUT2D eigenvalue weighted by atomic mass is 10.1. The molecule has 1 unspecified atom stereocenters. The molecule has 2 aromatic carbocycles. The Kier molecular flexibility index (Phi) is 8.56. The van der Waals surface area contributed by atoms with Crippen LogP contribution in [-0.2, 0) is 0 Å². The molecule has 1 N–H and O–H groups in total. The molecule has 0 radical (unpaired) electrons. The van der Waals surface area contributed by atoms with E-state index in [0.717, 1.165) is 18.8 Å². The van der Waals surface area contributed by atoms with Crippen LogP contribution in [-0.4, -0.2) is 77.8 Å². The average molecular weight is 527 g/mol. The lowest BCUT2D eigenvalue weighted by Gasteiger charge is -2.42. The topological polar surface area (TPSA) is 92.9 Å². The second-order valence-corrected chi connectivity index (χ2v) is 7.62. The van der Waals surface area contributed by atoms with Crippen molar-refractivity contribution in [3.63, 3.8) is 0 Å². The number of piperazine rings is 1. The molecule has 162 valence electrons. The first-order valence-electron chi connectivity index (χ1n) is 9.59. The Labute approximate surface area is 192 Å². The number of carbonyl (C=O) groups excluding carboxylic acids is 1. The van der Waals surface area contributed by atoms with E-state index in [1.165, 1.54) is 24.3 Å². The second kappa shape index (κ2) is 10.7. The standard InChI is InChI=1S/C21H26N3O5.HI/c1-24(15-19(25)16-29-20-5-3-2-4-6-20)13-11-22(12-14-24)21(26)17-7-9-18(10-8-17)23(27)28;/h2-10,19,25H,11-16H2,1H3;1H/q+1;/p-1. The van der Waals surface area contributed by atoms with E-state index in [-0.39, 0.29) is 42.2 Å². The molecule has 8 nitrogen and oxygen atoms in total. The lowest BCUT2D eigenvalue weighted by Crippen LogP contribution is -3.00. The van der Waals surface area contributed by atoms with Gasteiger partial charge in [0.25, 0.3) is 11.6 Å². The van der Waals surface area contributed by atoms with Crippen LogP contribution in [0.2, 0.25) is 0 Å². The van der Waals surface area contributed by atoms with Crippen LogP contribution < -0.4 is 28.7 Å². The number of likely N-dealkylation sites (N-methyl/N-ethyl adjacent to an activating group) is 1. The van der Waals surface area contributed by atoms with Crippen molar-refractivity contribution in [1.82, 2.24) is 4.90 Å². The van der Waals surface area contributed by atoms with Crippen LogP contribution >= 0.6 is 0 Å². The summed E-state index contributed by atoms with van der Waals surface area (Å²) in [6.07, 6.45) is -0.600. The number of nitrogens with zero attached hydrogens (tertiary/aromatic N) is 3. The van der Waals surface area contributed by atoms with Crippen molar-refractivity contribution in [3.8, 4) is 5.75 Å². The van der Waals surface area contributed by atoms with Crippen molar-refractivity contribution >= 4 is 11.6 Å². The Bertz CT molecular complexity index is 839. The fourth-order valence-electron chi connectivity index (χ4n) is 3.51. The Morgan fingerprint density at radius 2 is 1.77 bits per heavy atom. The van der Waals surface area contributed by atoms with Gasteiger partial charge >= 0.3 is 0 Å². The first-order chi connectivity index (χ1) is 13.9. The molecule has 2 aromatic rings. The molecule has 0 saturated carbocycles. The maximum absolute atomic E-state index is 12.7. The van der Waals surface area contributed by atoms with Gasteiger partial charge in [0, 0.05) is 17.7 Å². The number of rotatable bonds is 7. The highest BCUT2D eigenvalue weighted by atomic mass is 127. The zero-order valence-electron chi connectivity index (χ0n) is 16.8. The van der Waals surface area contributed by atoms with Gasteiger partial charge in [-0.3, -0.25) is 14.9 Å². The summed E-state index contributed by atoms with van der Waals surface area (Å²) in [7, 11) is 2.07. The van der Waals surface area contributed by atoms with Crippen molar-refractivity contribution in [2.45, 2.75) is 6.10 Å². The Morgan fingerprint density at radius 1 is 1.17 bits per heavy atom. The number of nitro groups is 1. The highest BCUT2D eigenvalue weighted by Crippen LogP contribution is 2.17. The molecule has 0 aromatic heterocycles. The predicted octanol–water partition coefficient (Wildman–Crippen LogP) is -1.06. The van der Waals surface area contributed by atoms with E-state index in [0.29, 0.717) is 29.7 Å². The van der Waals surface area contributed by atoms with Gasteiger partial charge in [0.1, 0.15) is 25.0 Å². The SMILES string of the molecule is C[N+]1(CC(O)COc2ccccc2)CCN(C(=O)c2ccc([N+](=O)[O-])cc2)CC1.[I-]. The van der Waals surface area contributed by atoms with Crippen LogP contribution in [0.15, 0.2) is 54.6 Å².